The molecule has 0 radical (unpaired) electrons. The predicted molar refractivity (Wildman–Crippen MR) is 88.3 cm³/mol. The van der Waals surface area contributed by atoms with E-state index in [1.165, 1.54) is 24.0 Å². The Kier molecular flexibility index (Phi) is 4.99. The van der Waals surface area contributed by atoms with Crippen LogP contribution in [0.1, 0.15) is 48.8 Å². The first-order valence-electron chi connectivity index (χ1n) is 8.72. The Morgan fingerprint density at radius 2 is 2.00 bits per heavy atom. The number of likely N-dealkylation sites (tertiary alicyclic amines) is 1. The van der Waals surface area contributed by atoms with E-state index in [-0.39, 0.29) is 12.3 Å². The van der Waals surface area contributed by atoms with E-state index in [1.807, 2.05) is 4.90 Å². The number of carboxylic acids is 1. The van der Waals surface area contributed by atoms with Gasteiger partial charge in [-0.25, -0.2) is 0 Å². The Morgan fingerprint density at radius 1 is 1.17 bits per heavy atom. The minimum Gasteiger partial charge on any atom is -0.481 e. The average Bonchev–Trinajstić information content (AvgIpc) is 3.01. The molecule has 1 heterocycles. The lowest BCUT2D eigenvalue weighted by Crippen LogP contribution is -2.40. The maximum Gasteiger partial charge on any atom is 0.303 e. The normalized spacial score (nSPS) is 20.3. The van der Waals surface area contributed by atoms with Crippen molar-refractivity contribution in [1.82, 2.24) is 4.90 Å². The summed E-state index contributed by atoms with van der Waals surface area (Å²) >= 11 is 0. The van der Waals surface area contributed by atoms with Gasteiger partial charge in [0.2, 0.25) is 5.91 Å². The van der Waals surface area contributed by atoms with E-state index in [4.69, 9.17) is 5.11 Å². The van der Waals surface area contributed by atoms with E-state index in [2.05, 4.69) is 18.2 Å². The third-order valence-corrected chi connectivity index (χ3v) is 5.16. The molecule has 124 valence electrons. The maximum absolute atomic E-state index is 12.6. The molecule has 1 atom stereocenters. The minimum atomic E-state index is -0.744. The molecule has 0 bridgehead atoms. The molecule has 1 aromatic rings. The van der Waals surface area contributed by atoms with Crippen molar-refractivity contribution in [3.8, 4) is 0 Å². The molecule has 4 heteroatoms. The van der Waals surface area contributed by atoms with Crippen LogP contribution in [0.2, 0.25) is 0 Å². The molecule has 0 unspecified atom stereocenters. The van der Waals surface area contributed by atoms with Crippen molar-refractivity contribution in [3.63, 3.8) is 0 Å². The van der Waals surface area contributed by atoms with Gasteiger partial charge < -0.3 is 10.0 Å². The van der Waals surface area contributed by atoms with Crippen LogP contribution in [0.15, 0.2) is 18.2 Å². The van der Waals surface area contributed by atoms with Crippen molar-refractivity contribution >= 4 is 11.9 Å². The summed E-state index contributed by atoms with van der Waals surface area (Å²) in [6, 6.07) is 6.47. The number of hydrogen-bond acceptors (Lipinski definition) is 2. The summed E-state index contributed by atoms with van der Waals surface area (Å²) in [5.41, 5.74) is 3.96. The molecule has 1 fully saturated rings. The second-order valence-electron chi connectivity index (χ2n) is 6.91. The second kappa shape index (κ2) is 7.16. The van der Waals surface area contributed by atoms with Gasteiger partial charge in [0.1, 0.15) is 0 Å². The first kappa shape index (κ1) is 16.0. The highest BCUT2D eigenvalue weighted by molar-refractivity contribution is 5.79. The SMILES string of the molecule is O=C(O)CC[C@@H]1CCCN(C(=O)Cc2ccc3c(c2)CCC3)C1. The molecule has 0 aromatic heterocycles. The van der Waals surface area contributed by atoms with Crippen LogP contribution in [0, 0.1) is 5.92 Å². The molecule has 1 aliphatic carbocycles. The summed E-state index contributed by atoms with van der Waals surface area (Å²) in [5, 5.41) is 8.81. The van der Waals surface area contributed by atoms with Crippen molar-refractivity contribution < 1.29 is 14.7 Å². The molecule has 1 N–H and O–H groups in total. The predicted octanol–water partition coefficient (Wildman–Crippen LogP) is 2.82. The number of benzene rings is 1. The van der Waals surface area contributed by atoms with Crippen molar-refractivity contribution in [1.29, 1.82) is 0 Å². The molecule has 4 nitrogen and oxygen atoms in total. The van der Waals surface area contributed by atoms with Crippen LogP contribution in [0.3, 0.4) is 0 Å². The minimum absolute atomic E-state index is 0.183. The van der Waals surface area contributed by atoms with Gasteiger partial charge in [-0.1, -0.05) is 18.2 Å². The van der Waals surface area contributed by atoms with Gasteiger partial charge in [-0.05, 0) is 61.1 Å². The molecule has 2 aliphatic rings. The van der Waals surface area contributed by atoms with Crippen LogP contribution < -0.4 is 0 Å². The van der Waals surface area contributed by atoms with E-state index >= 15 is 0 Å². The third-order valence-electron chi connectivity index (χ3n) is 5.16. The third kappa shape index (κ3) is 4.12. The fourth-order valence-corrected chi connectivity index (χ4v) is 3.88. The Bertz CT molecular complexity index is 596. The van der Waals surface area contributed by atoms with Crippen LogP contribution >= 0.6 is 0 Å². The molecule has 1 aliphatic heterocycles. The number of aliphatic carboxylic acids is 1. The number of nitrogens with zero attached hydrogens (tertiary/aromatic N) is 1. The maximum atomic E-state index is 12.6. The fraction of sp³-hybridized carbons (Fsp3) is 0.579. The molecule has 1 aromatic carbocycles. The molecule has 0 saturated carbocycles. The van der Waals surface area contributed by atoms with Crippen molar-refractivity contribution in [2.24, 2.45) is 5.92 Å². The Labute approximate surface area is 137 Å². The summed E-state index contributed by atoms with van der Waals surface area (Å²) in [4.78, 5) is 25.2. The van der Waals surface area contributed by atoms with Crippen molar-refractivity contribution in [3.05, 3.63) is 34.9 Å². The van der Waals surface area contributed by atoms with Gasteiger partial charge in [-0.2, -0.15) is 0 Å². The zero-order valence-electron chi connectivity index (χ0n) is 13.6. The van der Waals surface area contributed by atoms with Crippen LogP contribution in [-0.2, 0) is 28.9 Å². The first-order chi connectivity index (χ1) is 11.1. The highest BCUT2D eigenvalue weighted by Crippen LogP contribution is 2.24. The summed E-state index contributed by atoms with van der Waals surface area (Å²) < 4.78 is 0. The molecule has 23 heavy (non-hydrogen) atoms. The Balaban J connectivity index is 1.56. The first-order valence-corrected chi connectivity index (χ1v) is 8.72. The van der Waals surface area contributed by atoms with E-state index in [0.717, 1.165) is 37.9 Å². The van der Waals surface area contributed by atoms with Crippen LogP contribution in [-0.4, -0.2) is 35.0 Å². The van der Waals surface area contributed by atoms with E-state index in [9.17, 15) is 9.59 Å². The summed E-state index contributed by atoms with van der Waals surface area (Å²) in [5.74, 6) is -0.224. The lowest BCUT2D eigenvalue weighted by molar-refractivity contribution is -0.137. The largest absolute Gasteiger partial charge is 0.481 e. The molecule has 3 rings (SSSR count). The van der Waals surface area contributed by atoms with Gasteiger partial charge >= 0.3 is 5.97 Å². The quantitative estimate of drug-likeness (QED) is 0.909. The number of piperidine rings is 1. The number of aryl methyl sites for hydroxylation is 2. The zero-order valence-corrected chi connectivity index (χ0v) is 13.6. The number of fused-ring (bicyclic) bond motifs is 1. The summed E-state index contributed by atoms with van der Waals surface area (Å²) in [7, 11) is 0. The van der Waals surface area contributed by atoms with Crippen LogP contribution in [0.25, 0.3) is 0 Å². The molecule has 1 amide bonds. The number of hydrogen-bond donors (Lipinski definition) is 1. The number of rotatable bonds is 5. The number of carbonyl (C=O) groups is 2. The zero-order chi connectivity index (χ0) is 16.2. The standard InChI is InChI=1S/C19H25NO3/c21-18(12-15-6-8-16-4-1-5-17(16)11-15)20-10-2-3-14(13-20)7-9-19(22)23/h6,8,11,14H,1-5,7,9-10,12-13H2,(H,22,23)/t14-/m0/s1. The molecular weight excluding hydrogens is 290 g/mol. The fourth-order valence-electron chi connectivity index (χ4n) is 3.88. The Hall–Kier alpha value is -1.84. The van der Waals surface area contributed by atoms with Gasteiger partial charge in [0, 0.05) is 19.5 Å². The van der Waals surface area contributed by atoms with E-state index < -0.39 is 5.97 Å². The Morgan fingerprint density at radius 3 is 2.83 bits per heavy atom. The van der Waals surface area contributed by atoms with Gasteiger partial charge in [0.25, 0.3) is 0 Å². The number of amides is 1. The average molecular weight is 315 g/mol. The monoisotopic (exact) mass is 315 g/mol. The highest BCUT2D eigenvalue weighted by atomic mass is 16.4. The molecular formula is C19H25NO3. The van der Waals surface area contributed by atoms with Gasteiger partial charge in [-0.3, -0.25) is 9.59 Å². The summed E-state index contributed by atoms with van der Waals surface area (Å²) in [6.45, 7) is 1.53. The van der Waals surface area contributed by atoms with Gasteiger partial charge in [0.15, 0.2) is 0 Å². The summed E-state index contributed by atoms with van der Waals surface area (Å²) in [6.07, 6.45) is 6.91. The van der Waals surface area contributed by atoms with Crippen LogP contribution in [0.5, 0.6) is 0 Å². The highest BCUT2D eigenvalue weighted by Gasteiger charge is 2.24. The van der Waals surface area contributed by atoms with E-state index in [0.29, 0.717) is 18.8 Å². The topological polar surface area (TPSA) is 57.6 Å². The number of carbonyl (C=O) groups excluding carboxylic acids is 1. The molecule has 1 saturated heterocycles. The van der Waals surface area contributed by atoms with Crippen molar-refractivity contribution in [2.45, 2.75) is 51.4 Å². The van der Waals surface area contributed by atoms with E-state index in [1.54, 1.807) is 0 Å². The smallest absolute Gasteiger partial charge is 0.303 e. The van der Waals surface area contributed by atoms with Crippen molar-refractivity contribution in [2.75, 3.05) is 13.1 Å². The van der Waals surface area contributed by atoms with Crippen LogP contribution in [0.4, 0.5) is 0 Å². The lowest BCUT2D eigenvalue weighted by atomic mass is 9.93. The molecule has 0 spiro atoms. The number of carboxylic acid groups (broad SMARTS) is 1. The lowest BCUT2D eigenvalue weighted by Gasteiger charge is -2.32. The second-order valence-corrected chi connectivity index (χ2v) is 6.91. The van der Waals surface area contributed by atoms with Gasteiger partial charge in [-0.15, -0.1) is 0 Å². The van der Waals surface area contributed by atoms with Gasteiger partial charge in [0.05, 0.1) is 6.42 Å².